The maximum absolute atomic E-state index is 11.3. The Morgan fingerprint density at radius 3 is 2.44 bits per heavy atom. The van der Waals surface area contributed by atoms with Crippen molar-refractivity contribution in [3.05, 3.63) is 59.7 Å². The van der Waals surface area contributed by atoms with Crippen LogP contribution in [0.1, 0.15) is 15.9 Å². The summed E-state index contributed by atoms with van der Waals surface area (Å²) in [7, 11) is 0. The number of rotatable bonds is 4. The Morgan fingerprint density at radius 2 is 1.78 bits per heavy atom. The number of hydrogen-bond donors (Lipinski definition) is 3. The maximum atomic E-state index is 11.3. The lowest BCUT2D eigenvalue weighted by Gasteiger charge is -2.12. The molecule has 0 spiro atoms. The third-order valence-corrected chi connectivity index (χ3v) is 2.67. The number of anilines is 2. The van der Waals surface area contributed by atoms with Gasteiger partial charge in [0, 0.05) is 6.54 Å². The normalized spacial score (nSPS) is 10.0. The highest BCUT2D eigenvalue weighted by Gasteiger charge is 2.10. The summed E-state index contributed by atoms with van der Waals surface area (Å²) in [6.07, 6.45) is 0. The summed E-state index contributed by atoms with van der Waals surface area (Å²) in [5.74, 6) is -0.488. The van der Waals surface area contributed by atoms with Gasteiger partial charge in [-0.3, -0.25) is 4.79 Å². The molecule has 0 atom stereocenters. The van der Waals surface area contributed by atoms with Crippen LogP contribution in [0, 0.1) is 0 Å². The minimum absolute atomic E-state index is 0.408. The molecule has 0 saturated heterocycles. The first kappa shape index (κ1) is 12.0. The molecule has 4 heteroatoms. The molecule has 18 heavy (non-hydrogen) atoms. The molecule has 0 aromatic heterocycles. The van der Waals surface area contributed by atoms with Crippen LogP contribution in [0.3, 0.4) is 0 Å². The third-order valence-electron chi connectivity index (χ3n) is 2.67. The van der Waals surface area contributed by atoms with Gasteiger partial charge in [-0.25, -0.2) is 0 Å². The molecule has 92 valence electrons. The van der Waals surface area contributed by atoms with Crippen molar-refractivity contribution in [1.29, 1.82) is 0 Å². The molecule has 0 aliphatic heterocycles. The number of carbonyl (C=O) groups excluding carboxylic acids is 1. The van der Waals surface area contributed by atoms with Gasteiger partial charge >= 0.3 is 0 Å². The Balaban J connectivity index is 2.21. The fourth-order valence-electron chi connectivity index (χ4n) is 1.76. The number of nitrogen functional groups attached to an aromatic ring is 1. The van der Waals surface area contributed by atoms with Crippen molar-refractivity contribution >= 4 is 17.3 Å². The minimum Gasteiger partial charge on any atom is -0.397 e. The first-order valence-electron chi connectivity index (χ1n) is 5.64. The van der Waals surface area contributed by atoms with Gasteiger partial charge in [0.05, 0.1) is 16.9 Å². The van der Waals surface area contributed by atoms with Crippen molar-refractivity contribution < 1.29 is 4.79 Å². The maximum Gasteiger partial charge on any atom is 0.250 e. The van der Waals surface area contributed by atoms with E-state index in [9.17, 15) is 4.79 Å². The van der Waals surface area contributed by atoms with Gasteiger partial charge < -0.3 is 16.8 Å². The lowest BCUT2D eigenvalue weighted by Crippen LogP contribution is -2.15. The number of primary amides is 1. The average Bonchev–Trinajstić information content (AvgIpc) is 2.38. The molecule has 0 unspecified atom stereocenters. The Kier molecular flexibility index (Phi) is 3.48. The van der Waals surface area contributed by atoms with Gasteiger partial charge in [0.15, 0.2) is 0 Å². The van der Waals surface area contributed by atoms with Gasteiger partial charge in [-0.15, -0.1) is 0 Å². The molecule has 1 amide bonds. The molecule has 0 saturated carbocycles. The Hall–Kier alpha value is -2.49. The molecule has 0 radical (unpaired) electrons. The van der Waals surface area contributed by atoms with E-state index in [-0.39, 0.29) is 0 Å². The van der Waals surface area contributed by atoms with Crippen molar-refractivity contribution in [2.75, 3.05) is 11.1 Å². The number of hydrogen-bond acceptors (Lipinski definition) is 3. The van der Waals surface area contributed by atoms with Gasteiger partial charge in [-0.2, -0.15) is 0 Å². The topological polar surface area (TPSA) is 81.1 Å². The molecule has 0 aliphatic rings. The van der Waals surface area contributed by atoms with Crippen LogP contribution in [0.25, 0.3) is 0 Å². The molecule has 2 aromatic carbocycles. The van der Waals surface area contributed by atoms with E-state index >= 15 is 0 Å². The number of carbonyl (C=O) groups is 1. The summed E-state index contributed by atoms with van der Waals surface area (Å²) in [5.41, 5.74) is 13.8. The highest BCUT2D eigenvalue weighted by molar-refractivity contribution is 6.01. The Bertz CT molecular complexity index is 552. The van der Waals surface area contributed by atoms with Crippen LogP contribution in [0.2, 0.25) is 0 Å². The quantitative estimate of drug-likeness (QED) is 0.716. The van der Waals surface area contributed by atoms with E-state index in [1.165, 1.54) is 0 Å². The van der Waals surface area contributed by atoms with E-state index in [0.717, 1.165) is 5.56 Å². The zero-order chi connectivity index (χ0) is 13.0. The summed E-state index contributed by atoms with van der Waals surface area (Å²) < 4.78 is 0. The van der Waals surface area contributed by atoms with Crippen molar-refractivity contribution in [3.63, 3.8) is 0 Å². The van der Waals surface area contributed by atoms with Crippen LogP contribution in [-0.4, -0.2) is 5.91 Å². The van der Waals surface area contributed by atoms with Gasteiger partial charge in [-0.1, -0.05) is 36.4 Å². The van der Waals surface area contributed by atoms with Crippen LogP contribution >= 0.6 is 0 Å². The van der Waals surface area contributed by atoms with E-state index in [1.807, 2.05) is 30.3 Å². The molecular weight excluding hydrogens is 226 g/mol. The van der Waals surface area contributed by atoms with E-state index in [1.54, 1.807) is 18.2 Å². The van der Waals surface area contributed by atoms with E-state index < -0.39 is 5.91 Å². The number of benzene rings is 2. The second-order valence-electron chi connectivity index (χ2n) is 3.97. The van der Waals surface area contributed by atoms with Crippen LogP contribution in [-0.2, 0) is 6.54 Å². The second-order valence-corrected chi connectivity index (χ2v) is 3.97. The summed E-state index contributed by atoms with van der Waals surface area (Å²) in [6, 6.07) is 15.0. The van der Waals surface area contributed by atoms with Crippen LogP contribution in [0.5, 0.6) is 0 Å². The predicted molar refractivity (Wildman–Crippen MR) is 73.1 cm³/mol. The van der Waals surface area contributed by atoms with Crippen molar-refractivity contribution in [3.8, 4) is 0 Å². The molecule has 0 fully saturated rings. The molecular formula is C14H15N3O. The minimum atomic E-state index is -0.488. The second kappa shape index (κ2) is 5.23. The fraction of sp³-hybridized carbons (Fsp3) is 0.0714. The SMILES string of the molecule is NC(=O)c1cccc(N)c1NCc1ccccc1. The first-order chi connectivity index (χ1) is 8.68. The lowest BCUT2D eigenvalue weighted by molar-refractivity contribution is 0.100. The predicted octanol–water partition coefficient (Wildman–Crippen LogP) is 1.98. The zero-order valence-corrected chi connectivity index (χ0v) is 9.89. The van der Waals surface area contributed by atoms with Crippen molar-refractivity contribution in [2.45, 2.75) is 6.54 Å². The number of para-hydroxylation sites is 1. The smallest absolute Gasteiger partial charge is 0.250 e. The van der Waals surface area contributed by atoms with Gasteiger partial charge in [-0.05, 0) is 17.7 Å². The molecule has 0 heterocycles. The first-order valence-corrected chi connectivity index (χ1v) is 5.64. The fourth-order valence-corrected chi connectivity index (χ4v) is 1.76. The van der Waals surface area contributed by atoms with Crippen LogP contribution < -0.4 is 16.8 Å². The van der Waals surface area contributed by atoms with Gasteiger partial charge in [0.2, 0.25) is 0 Å². The van der Waals surface area contributed by atoms with Crippen LogP contribution in [0.15, 0.2) is 48.5 Å². The number of amides is 1. The summed E-state index contributed by atoms with van der Waals surface area (Å²) in [4.78, 5) is 11.3. The van der Waals surface area contributed by atoms with E-state index in [2.05, 4.69) is 5.32 Å². The standard InChI is InChI=1S/C14H15N3O/c15-12-8-4-7-11(14(16)18)13(12)17-9-10-5-2-1-3-6-10/h1-8,17H,9,15H2,(H2,16,18). The largest absolute Gasteiger partial charge is 0.397 e. The van der Waals surface area contributed by atoms with Crippen molar-refractivity contribution in [1.82, 2.24) is 0 Å². The number of nitrogens with two attached hydrogens (primary N) is 2. The third kappa shape index (κ3) is 2.60. The molecule has 2 rings (SSSR count). The van der Waals surface area contributed by atoms with Gasteiger partial charge in [0.1, 0.15) is 0 Å². The highest BCUT2D eigenvalue weighted by Crippen LogP contribution is 2.23. The molecule has 5 N–H and O–H groups in total. The average molecular weight is 241 g/mol. The number of nitrogens with one attached hydrogen (secondary N) is 1. The Morgan fingerprint density at radius 1 is 1.06 bits per heavy atom. The molecule has 4 nitrogen and oxygen atoms in total. The van der Waals surface area contributed by atoms with Gasteiger partial charge in [0.25, 0.3) is 5.91 Å². The lowest BCUT2D eigenvalue weighted by atomic mass is 10.1. The highest BCUT2D eigenvalue weighted by atomic mass is 16.1. The molecule has 0 aliphatic carbocycles. The summed E-state index contributed by atoms with van der Waals surface area (Å²) in [6.45, 7) is 0.593. The monoisotopic (exact) mass is 241 g/mol. The van der Waals surface area contributed by atoms with E-state index in [4.69, 9.17) is 11.5 Å². The zero-order valence-electron chi connectivity index (χ0n) is 9.89. The van der Waals surface area contributed by atoms with Crippen LogP contribution in [0.4, 0.5) is 11.4 Å². The molecule has 0 bridgehead atoms. The summed E-state index contributed by atoms with van der Waals surface area (Å²) in [5, 5.41) is 3.15. The Labute approximate surface area is 106 Å². The summed E-state index contributed by atoms with van der Waals surface area (Å²) >= 11 is 0. The van der Waals surface area contributed by atoms with E-state index in [0.29, 0.717) is 23.5 Å². The van der Waals surface area contributed by atoms with Crippen molar-refractivity contribution in [2.24, 2.45) is 5.73 Å². The molecule has 2 aromatic rings.